The highest BCUT2D eigenvalue weighted by molar-refractivity contribution is 5.87. The van der Waals surface area contributed by atoms with Gasteiger partial charge in [0.2, 0.25) is 11.5 Å². The zero-order chi connectivity index (χ0) is 18.4. The van der Waals surface area contributed by atoms with Crippen LogP contribution >= 0.6 is 0 Å². The molecule has 2 bridgehead atoms. The summed E-state index contributed by atoms with van der Waals surface area (Å²) >= 11 is 0. The summed E-state index contributed by atoms with van der Waals surface area (Å²) in [5.41, 5.74) is 0. The van der Waals surface area contributed by atoms with Crippen LogP contribution in [-0.4, -0.2) is 24.1 Å². The number of rotatable bonds is 4. The van der Waals surface area contributed by atoms with Crippen LogP contribution in [0.15, 0.2) is 45.6 Å². The molecule has 6 nitrogen and oxygen atoms in total. The molecule has 0 radical (unpaired) electrons. The van der Waals surface area contributed by atoms with Gasteiger partial charge >= 0.3 is 11.9 Å². The minimum Gasteiger partial charge on any atom is -0.457 e. The van der Waals surface area contributed by atoms with Crippen LogP contribution in [0.4, 0.5) is 0 Å². The first kappa shape index (κ1) is 16.7. The Labute approximate surface area is 156 Å². The Morgan fingerprint density at radius 1 is 0.778 bits per heavy atom. The van der Waals surface area contributed by atoms with Crippen molar-refractivity contribution in [3.05, 3.63) is 48.3 Å². The second-order valence-corrected chi connectivity index (χ2v) is 7.97. The van der Waals surface area contributed by atoms with Crippen molar-refractivity contribution in [3.63, 3.8) is 0 Å². The maximum absolute atomic E-state index is 12.4. The molecule has 142 valence electrons. The first-order valence-electron chi connectivity index (χ1n) is 9.68. The van der Waals surface area contributed by atoms with Crippen LogP contribution in [0.3, 0.4) is 0 Å². The Balaban J connectivity index is 1.35. The molecule has 2 aromatic heterocycles. The Morgan fingerprint density at radius 2 is 1.26 bits per heavy atom. The van der Waals surface area contributed by atoms with Crippen molar-refractivity contribution in [2.45, 2.75) is 44.3 Å². The normalized spacial score (nSPS) is 34.2. The molecule has 3 aliphatic carbocycles. The summed E-state index contributed by atoms with van der Waals surface area (Å²) in [5.74, 6) is 1.85. The zero-order valence-electron chi connectivity index (χ0n) is 14.9. The number of ether oxygens (including phenoxy) is 2. The highest BCUT2D eigenvalue weighted by Crippen LogP contribution is 2.58. The van der Waals surface area contributed by atoms with E-state index in [4.69, 9.17) is 18.3 Å². The quantitative estimate of drug-likeness (QED) is 0.755. The maximum atomic E-state index is 12.4. The predicted molar refractivity (Wildman–Crippen MR) is 92.9 cm³/mol. The summed E-state index contributed by atoms with van der Waals surface area (Å²) in [6, 6.07) is 6.46. The Bertz CT molecular complexity index is 740. The van der Waals surface area contributed by atoms with E-state index in [2.05, 4.69) is 0 Å². The van der Waals surface area contributed by atoms with Gasteiger partial charge in [0, 0.05) is 0 Å². The molecule has 0 aliphatic heterocycles. The highest BCUT2D eigenvalue weighted by atomic mass is 16.6. The van der Waals surface area contributed by atoms with Crippen molar-refractivity contribution in [1.82, 2.24) is 0 Å². The van der Waals surface area contributed by atoms with Gasteiger partial charge in [-0.2, -0.15) is 0 Å². The predicted octanol–water partition coefficient (Wildman–Crippen LogP) is 4.08. The molecular formula is C21H22O6. The second kappa shape index (κ2) is 6.59. The monoisotopic (exact) mass is 370 g/mol. The fourth-order valence-corrected chi connectivity index (χ4v) is 5.53. The average Bonchev–Trinajstić information content (AvgIpc) is 3.47. The molecule has 2 aromatic rings. The fourth-order valence-electron chi connectivity index (χ4n) is 5.53. The zero-order valence-corrected chi connectivity index (χ0v) is 14.9. The molecule has 0 spiro atoms. The van der Waals surface area contributed by atoms with E-state index in [-0.39, 0.29) is 11.5 Å². The minimum absolute atomic E-state index is 0.168. The number of esters is 2. The summed E-state index contributed by atoms with van der Waals surface area (Å²) in [4.78, 5) is 24.8. The summed E-state index contributed by atoms with van der Waals surface area (Å²) in [5, 5.41) is 0. The van der Waals surface area contributed by atoms with E-state index in [9.17, 15) is 9.59 Å². The molecule has 3 fully saturated rings. The van der Waals surface area contributed by atoms with Gasteiger partial charge in [-0.05, 0) is 80.0 Å². The number of hydrogen-bond donors (Lipinski definition) is 0. The Hall–Kier alpha value is -2.50. The Kier molecular flexibility index (Phi) is 4.06. The van der Waals surface area contributed by atoms with Crippen LogP contribution in [0.2, 0.25) is 0 Å². The molecule has 6 atom stereocenters. The van der Waals surface area contributed by atoms with Crippen LogP contribution < -0.4 is 0 Å². The van der Waals surface area contributed by atoms with Gasteiger partial charge in [0.1, 0.15) is 12.2 Å². The van der Waals surface area contributed by atoms with Gasteiger partial charge in [0.05, 0.1) is 12.5 Å². The summed E-state index contributed by atoms with van der Waals surface area (Å²) in [7, 11) is 0. The van der Waals surface area contributed by atoms with E-state index < -0.39 is 24.1 Å². The van der Waals surface area contributed by atoms with E-state index in [0.717, 1.165) is 12.8 Å². The highest BCUT2D eigenvalue weighted by Gasteiger charge is 2.53. The molecule has 27 heavy (non-hydrogen) atoms. The molecule has 0 amide bonds. The van der Waals surface area contributed by atoms with Crippen molar-refractivity contribution in [3.8, 4) is 0 Å². The van der Waals surface area contributed by atoms with Gasteiger partial charge in [-0.15, -0.1) is 0 Å². The third-order valence-electron chi connectivity index (χ3n) is 6.66. The molecule has 5 rings (SSSR count). The number of hydrogen-bond acceptors (Lipinski definition) is 6. The topological polar surface area (TPSA) is 78.9 Å². The summed E-state index contributed by atoms with van der Waals surface area (Å²) in [6.45, 7) is 0. The van der Waals surface area contributed by atoms with Crippen molar-refractivity contribution < 1.29 is 27.9 Å². The standard InChI is InChI=1S/C21H22O6/c22-20(16-3-1-7-24-16)26-18-10-14-12-5-6-13(9-12)15(14)11-19(18)27-21(23)17-4-2-8-25-17/h1-4,7-8,12-15,18-19H,5-6,9-11H2. The van der Waals surface area contributed by atoms with Crippen molar-refractivity contribution in [2.24, 2.45) is 23.7 Å². The third kappa shape index (κ3) is 2.97. The molecule has 6 unspecified atom stereocenters. The van der Waals surface area contributed by atoms with Crippen LogP contribution in [0.5, 0.6) is 0 Å². The summed E-state index contributed by atoms with van der Waals surface area (Å²) < 4.78 is 21.8. The number of carbonyl (C=O) groups is 2. The smallest absolute Gasteiger partial charge is 0.374 e. The van der Waals surface area contributed by atoms with E-state index in [1.165, 1.54) is 31.8 Å². The lowest BCUT2D eigenvalue weighted by Crippen LogP contribution is -2.45. The van der Waals surface area contributed by atoms with Crippen LogP contribution in [-0.2, 0) is 9.47 Å². The minimum atomic E-state index is -0.509. The third-order valence-corrected chi connectivity index (χ3v) is 6.66. The first-order chi connectivity index (χ1) is 13.2. The van der Waals surface area contributed by atoms with Gasteiger partial charge in [0.15, 0.2) is 0 Å². The molecule has 0 N–H and O–H groups in total. The molecule has 0 aromatic carbocycles. The average molecular weight is 370 g/mol. The van der Waals surface area contributed by atoms with Gasteiger partial charge in [-0.25, -0.2) is 9.59 Å². The Morgan fingerprint density at radius 3 is 1.67 bits per heavy atom. The molecule has 3 aliphatic rings. The number of furan rings is 2. The van der Waals surface area contributed by atoms with Crippen LogP contribution in [0, 0.1) is 23.7 Å². The largest absolute Gasteiger partial charge is 0.457 e. The lowest BCUT2D eigenvalue weighted by Gasteiger charge is -2.42. The molecule has 2 heterocycles. The van der Waals surface area contributed by atoms with E-state index in [0.29, 0.717) is 23.7 Å². The van der Waals surface area contributed by atoms with E-state index >= 15 is 0 Å². The SMILES string of the molecule is O=C(OC1CC2C3CCC(C3)C2CC1OC(=O)c1ccco1)c1ccco1. The van der Waals surface area contributed by atoms with E-state index in [1.54, 1.807) is 24.3 Å². The molecular weight excluding hydrogens is 348 g/mol. The number of carbonyl (C=O) groups excluding carboxylic acids is 2. The van der Waals surface area contributed by atoms with Crippen LogP contribution in [0.1, 0.15) is 53.2 Å². The van der Waals surface area contributed by atoms with Crippen LogP contribution in [0.25, 0.3) is 0 Å². The fraction of sp³-hybridized carbons (Fsp3) is 0.524. The van der Waals surface area contributed by atoms with Crippen molar-refractivity contribution >= 4 is 11.9 Å². The van der Waals surface area contributed by atoms with E-state index in [1.807, 2.05) is 0 Å². The molecule has 0 saturated heterocycles. The molecule has 6 heteroatoms. The van der Waals surface area contributed by atoms with Gasteiger partial charge in [-0.1, -0.05) is 0 Å². The summed E-state index contributed by atoms with van der Waals surface area (Å²) in [6.07, 6.45) is 7.25. The lowest BCUT2D eigenvalue weighted by molar-refractivity contribution is -0.0840. The van der Waals surface area contributed by atoms with Gasteiger partial charge < -0.3 is 18.3 Å². The van der Waals surface area contributed by atoms with Gasteiger partial charge in [0.25, 0.3) is 0 Å². The first-order valence-corrected chi connectivity index (χ1v) is 9.68. The lowest BCUT2D eigenvalue weighted by atomic mass is 9.69. The number of fused-ring (bicyclic) bond motifs is 5. The second-order valence-electron chi connectivity index (χ2n) is 7.97. The van der Waals surface area contributed by atoms with Crippen molar-refractivity contribution in [1.29, 1.82) is 0 Å². The molecule has 3 saturated carbocycles. The maximum Gasteiger partial charge on any atom is 0.374 e. The van der Waals surface area contributed by atoms with Gasteiger partial charge in [-0.3, -0.25) is 0 Å². The van der Waals surface area contributed by atoms with Crippen molar-refractivity contribution in [2.75, 3.05) is 0 Å².